The molecule has 164 valence electrons. The van der Waals surface area contributed by atoms with Crippen molar-refractivity contribution in [2.24, 2.45) is 0 Å². The standard InChI is InChI=1S/C24H29N3O4/c1-3-5-6-9-15-30-24(28)31-17-19-11-7-8-14-21(19)23-25-22(26-27-23)18-12-10-13-20(16-18)29-4-2/h7-8,10-14,16H,3-6,9,15,17H2,1-2H3,(H,25,26,27). The van der Waals surface area contributed by atoms with Crippen LogP contribution in [0.4, 0.5) is 4.79 Å². The number of nitrogens with zero attached hydrogens (tertiary/aromatic N) is 2. The first-order valence-electron chi connectivity index (χ1n) is 10.7. The average molecular weight is 424 g/mol. The highest BCUT2D eigenvalue weighted by Crippen LogP contribution is 2.25. The van der Waals surface area contributed by atoms with Gasteiger partial charge in [0.25, 0.3) is 0 Å². The number of nitrogens with one attached hydrogen (secondary N) is 1. The summed E-state index contributed by atoms with van der Waals surface area (Å²) in [5.41, 5.74) is 2.49. The van der Waals surface area contributed by atoms with Crippen molar-refractivity contribution in [2.75, 3.05) is 13.2 Å². The van der Waals surface area contributed by atoms with Gasteiger partial charge in [0.1, 0.15) is 12.4 Å². The van der Waals surface area contributed by atoms with E-state index in [1.807, 2.05) is 55.5 Å². The van der Waals surface area contributed by atoms with Crippen molar-refractivity contribution in [1.29, 1.82) is 0 Å². The Balaban J connectivity index is 1.64. The molecule has 1 heterocycles. The highest BCUT2D eigenvalue weighted by Gasteiger charge is 2.13. The Hall–Kier alpha value is -3.35. The number of carbonyl (C=O) groups is 1. The molecule has 0 radical (unpaired) electrons. The van der Waals surface area contributed by atoms with Crippen LogP contribution in [-0.4, -0.2) is 34.6 Å². The third-order valence-electron chi connectivity index (χ3n) is 4.72. The van der Waals surface area contributed by atoms with Gasteiger partial charge in [-0.05, 0) is 25.5 Å². The lowest BCUT2D eigenvalue weighted by Crippen LogP contribution is -2.09. The van der Waals surface area contributed by atoms with Crippen LogP contribution in [0.1, 0.15) is 45.1 Å². The molecule has 0 atom stereocenters. The summed E-state index contributed by atoms with van der Waals surface area (Å²) >= 11 is 0. The van der Waals surface area contributed by atoms with Gasteiger partial charge in [-0.2, -0.15) is 5.10 Å². The van der Waals surface area contributed by atoms with E-state index < -0.39 is 6.16 Å². The van der Waals surface area contributed by atoms with E-state index in [-0.39, 0.29) is 6.61 Å². The monoisotopic (exact) mass is 423 g/mol. The van der Waals surface area contributed by atoms with E-state index in [0.29, 0.717) is 24.9 Å². The second-order valence-electron chi connectivity index (χ2n) is 7.07. The average Bonchev–Trinajstić information content (AvgIpc) is 3.28. The molecule has 3 rings (SSSR count). The lowest BCUT2D eigenvalue weighted by Gasteiger charge is -2.09. The van der Waals surface area contributed by atoms with E-state index in [4.69, 9.17) is 14.2 Å². The van der Waals surface area contributed by atoms with Gasteiger partial charge in [-0.3, -0.25) is 5.10 Å². The maximum absolute atomic E-state index is 11.9. The number of ether oxygens (including phenoxy) is 3. The van der Waals surface area contributed by atoms with Crippen molar-refractivity contribution in [2.45, 2.75) is 46.1 Å². The highest BCUT2D eigenvalue weighted by atomic mass is 16.7. The molecule has 1 aromatic heterocycles. The number of hydrogen-bond donors (Lipinski definition) is 1. The molecule has 0 saturated carbocycles. The van der Waals surface area contributed by atoms with Crippen molar-refractivity contribution in [1.82, 2.24) is 15.2 Å². The fourth-order valence-electron chi connectivity index (χ4n) is 3.14. The van der Waals surface area contributed by atoms with Crippen molar-refractivity contribution in [3.63, 3.8) is 0 Å². The molecule has 0 amide bonds. The fraction of sp³-hybridized carbons (Fsp3) is 0.375. The molecule has 0 bridgehead atoms. The molecule has 0 aliphatic rings. The molecular weight excluding hydrogens is 394 g/mol. The minimum Gasteiger partial charge on any atom is -0.494 e. The van der Waals surface area contributed by atoms with Crippen LogP contribution in [0.15, 0.2) is 48.5 Å². The Labute approximate surface area is 182 Å². The summed E-state index contributed by atoms with van der Waals surface area (Å²) in [5.74, 6) is 1.94. The first kappa shape index (κ1) is 22.3. The molecule has 0 aliphatic carbocycles. The van der Waals surface area contributed by atoms with E-state index >= 15 is 0 Å². The Morgan fingerprint density at radius 2 is 1.87 bits per heavy atom. The summed E-state index contributed by atoms with van der Waals surface area (Å²) in [6, 6.07) is 15.2. The molecule has 31 heavy (non-hydrogen) atoms. The summed E-state index contributed by atoms with van der Waals surface area (Å²) in [6.07, 6.45) is 3.53. The van der Waals surface area contributed by atoms with Gasteiger partial charge in [0.05, 0.1) is 13.2 Å². The maximum Gasteiger partial charge on any atom is 0.508 e. The largest absolute Gasteiger partial charge is 0.508 e. The van der Waals surface area contributed by atoms with Gasteiger partial charge in [-0.25, -0.2) is 9.78 Å². The normalized spacial score (nSPS) is 10.6. The number of benzene rings is 2. The van der Waals surface area contributed by atoms with Crippen LogP contribution >= 0.6 is 0 Å². The molecule has 7 heteroatoms. The summed E-state index contributed by atoms with van der Waals surface area (Å²) in [4.78, 5) is 16.5. The molecule has 0 saturated heterocycles. The van der Waals surface area contributed by atoms with E-state index in [9.17, 15) is 4.79 Å². The van der Waals surface area contributed by atoms with Gasteiger partial charge in [-0.15, -0.1) is 0 Å². The zero-order chi connectivity index (χ0) is 21.9. The topological polar surface area (TPSA) is 86.3 Å². The van der Waals surface area contributed by atoms with Crippen molar-refractivity contribution >= 4 is 6.16 Å². The molecule has 3 aromatic rings. The smallest absolute Gasteiger partial charge is 0.494 e. The van der Waals surface area contributed by atoms with E-state index in [2.05, 4.69) is 22.1 Å². The zero-order valence-electron chi connectivity index (χ0n) is 18.1. The molecule has 0 unspecified atom stereocenters. The second kappa shape index (κ2) is 11.7. The number of hydrogen-bond acceptors (Lipinski definition) is 6. The van der Waals surface area contributed by atoms with Crippen LogP contribution in [0.25, 0.3) is 22.8 Å². The summed E-state index contributed by atoms with van der Waals surface area (Å²) < 4.78 is 16.0. The minimum absolute atomic E-state index is 0.0970. The van der Waals surface area contributed by atoms with Crippen LogP contribution in [0, 0.1) is 0 Å². The summed E-state index contributed by atoms with van der Waals surface area (Å²) in [6.45, 7) is 5.16. The number of unbranched alkanes of at least 4 members (excludes halogenated alkanes) is 3. The molecular formula is C24H29N3O4. The first-order chi connectivity index (χ1) is 15.2. The number of rotatable bonds is 11. The Kier molecular flexibility index (Phi) is 8.46. The lowest BCUT2D eigenvalue weighted by atomic mass is 10.1. The lowest BCUT2D eigenvalue weighted by molar-refractivity contribution is 0.0489. The number of aromatic amines is 1. The molecule has 0 fully saturated rings. The van der Waals surface area contributed by atoms with Crippen molar-refractivity contribution < 1.29 is 19.0 Å². The summed E-state index contributed by atoms with van der Waals surface area (Å²) in [7, 11) is 0. The third-order valence-corrected chi connectivity index (χ3v) is 4.72. The van der Waals surface area contributed by atoms with E-state index in [1.54, 1.807) is 0 Å². The van der Waals surface area contributed by atoms with Crippen LogP contribution in [-0.2, 0) is 16.1 Å². The predicted octanol–water partition coefficient (Wildman–Crippen LogP) is 5.77. The van der Waals surface area contributed by atoms with Gasteiger partial charge in [0, 0.05) is 16.7 Å². The number of aromatic nitrogens is 3. The number of H-pyrrole nitrogens is 1. The van der Waals surface area contributed by atoms with Crippen molar-refractivity contribution in [3.05, 3.63) is 54.1 Å². The second-order valence-corrected chi connectivity index (χ2v) is 7.07. The summed E-state index contributed by atoms with van der Waals surface area (Å²) in [5, 5.41) is 7.32. The number of carbonyl (C=O) groups excluding carboxylic acids is 1. The SMILES string of the molecule is CCCCCCOC(=O)OCc1ccccc1-c1nc(-c2cccc(OCC)c2)n[nH]1. The molecule has 0 spiro atoms. The first-order valence-corrected chi connectivity index (χ1v) is 10.7. The fourth-order valence-corrected chi connectivity index (χ4v) is 3.14. The predicted molar refractivity (Wildman–Crippen MR) is 119 cm³/mol. The molecule has 2 aromatic carbocycles. The minimum atomic E-state index is -0.655. The van der Waals surface area contributed by atoms with Gasteiger partial charge < -0.3 is 14.2 Å². The Morgan fingerprint density at radius 3 is 2.71 bits per heavy atom. The highest BCUT2D eigenvalue weighted by molar-refractivity contribution is 5.65. The maximum atomic E-state index is 11.9. The van der Waals surface area contributed by atoms with Crippen molar-refractivity contribution in [3.8, 4) is 28.5 Å². The van der Waals surface area contributed by atoms with Gasteiger partial charge in [0.15, 0.2) is 11.6 Å². The zero-order valence-corrected chi connectivity index (χ0v) is 18.1. The van der Waals surface area contributed by atoms with Gasteiger partial charge in [-0.1, -0.05) is 62.6 Å². The van der Waals surface area contributed by atoms with E-state index in [1.165, 1.54) is 0 Å². The molecule has 7 nitrogen and oxygen atoms in total. The van der Waals surface area contributed by atoms with E-state index in [0.717, 1.165) is 48.1 Å². The van der Waals surface area contributed by atoms with Crippen LogP contribution in [0.3, 0.4) is 0 Å². The Bertz CT molecular complexity index is 971. The molecule has 0 aliphatic heterocycles. The van der Waals surface area contributed by atoms with Crippen LogP contribution in [0.2, 0.25) is 0 Å². The van der Waals surface area contributed by atoms with Gasteiger partial charge >= 0.3 is 6.16 Å². The quantitative estimate of drug-likeness (QED) is 0.311. The van der Waals surface area contributed by atoms with Crippen LogP contribution < -0.4 is 4.74 Å². The third kappa shape index (κ3) is 6.57. The molecule has 1 N–H and O–H groups in total. The van der Waals surface area contributed by atoms with Crippen LogP contribution in [0.5, 0.6) is 5.75 Å². The Morgan fingerprint density at radius 1 is 1.00 bits per heavy atom. The van der Waals surface area contributed by atoms with Gasteiger partial charge in [0.2, 0.25) is 0 Å².